The fourth-order valence-corrected chi connectivity index (χ4v) is 5.20. The van der Waals surface area contributed by atoms with Crippen molar-refractivity contribution in [2.24, 2.45) is 4.99 Å². The maximum Gasteiger partial charge on any atom is 0.338 e. The summed E-state index contributed by atoms with van der Waals surface area (Å²) < 4.78 is 10.0. The monoisotopic (exact) mass is 573 g/mol. The number of carbonyl (C=O) groups is 4. The first-order valence-electron chi connectivity index (χ1n) is 13.3. The minimum Gasteiger partial charge on any atom is -0.462 e. The number of nitrogens with one attached hydrogen (secondary N) is 1. The molecule has 0 spiro atoms. The second kappa shape index (κ2) is 14.3. The molecule has 212 valence electrons. The molecule has 0 aliphatic carbocycles. The first-order chi connectivity index (χ1) is 19.9. The molecule has 41 heavy (non-hydrogen) atoms. The summed E-state index contributed by atoms with van der Waals surface area (Å²) in [5.41, 5.74) is 2.89. The van der Waals surface area contributed by atoms with Crippen molar-refractivity contribution >= 4 is 52.1 Å². The van der Waals surface area contributed by atoms with Gasteiger partial charge in [0.1, 0.15) is 5.25 Å². The van der Waals surface area contributed by atoms with Gasteiger partial charge in [0.15, 0.2) is 5.17 Å². The minimum atomic E-state index is -0.710. The summed E-state index contributed by atoms with van der Waals surface area (Å²) in [6.45, 7) is 4.42. The van der Waals surface area contributed by atoms with Gasteiger partial charge in [-0.1, -0.05) is 42.1 Å². The van der Waals surface area contributed by atoms with E-state index in [9.17, 15) is 19.2 Å². The highest BCUT2D eigenvalue weighted by Crippen LogP contribution is 2.30. The summed E-state index contributed by atoms with van der Waals surface area (Å²) in [5.74, 6) is -1.42. The Hall–Kier alpha value is -4.44. The molecule has 1 atom stereocenters. The van der Waals surface area contributed by atoms with Crippen LogP contribution >= 0.6 is 11.8 Å². The van der Waals surface area contributed by atoms with Crippen LogP contribution in [0, 0.1) is 0 Å². The summed E-state index contributed by atoms with van der Waals surface area (Å²) in [4.78, 5) is 56.8. The third-order valence-electron chi connectivity index (χ3n) is 6.17. The molecule has 0 saturated carbocycles. The first-order valence-corrected chi connectivity index (χ1v) is 14.2. The van der Waals surface area contributed by atoms with Crippen LogP contribution in [0.1, 0.15) is 46.5 Å². The number of thioether (sulfide) groups is 1. The van der Waals surface area contributed by atoms with Gasteiger partial charge in [-0.05, 0) is 74.4 Å². The lowest BCUT2D eigenvalue weighted by Crippen LogP contribution is -2.46. The number of hydrogen-bond acceptors (Lipinski definition) is 8. The largest absolute Gasteiger partial charge is 0.462 e. The number of anilines is 1. The Bertz CT molecular complexity index is 1410. The number of amidine groups is 1. The Morgan fingerprint density at radius 3 is 2.05 bits per heavy atom. The van der Waals surface area contributed by atoms with Crippen LogP contribution in [0.3, 0.4) is 0 Å². The molecule has 1 fully saturated rings. The van der Waals surface area contributed by atoms with Crippen molar-refractivity contribution in [2.75, 3.05) is 25.1 Å². The topological polar surface area (TPSA) is 114 Å². The number of aliphatic imine (C=N–C) groups is 1. The van der Waals surface area contributed by atoms with E-state index in [4.69, 9.17) is 14.5 Å². The molecule has 1 heterocycles. The smallest absolute Gasteiger partial charge is 0.338 e. The van der Waals surface area contributed by atoms with E-state index < -0.39 is 17.2 Å². The quantitative estimate of drug-likeness (QED) is 0.330. The van der Waals surface area contributed by atoms with Crippen LogP contribution in [0.2, 0.25) is 0 Å². The molecule has 2 amide bonds. The molecular formula is C31H31N3O6S. The van der Waals surface area contributed by atoms with Crippen molar-refractivity contribution in [2.45, 2.75) is 31.9 Å². The van der Waals surface area contributed by atoms with Crippen LogP contribution in [0.15, 0.2) is 83.9 Å². The first kappa shape index (κ1) is 29.5. The molecular weight excluding hydrogens is 542 g/mol. The zero-order valence-corrected chi connectivity index (χ0v) is 23.7. The second-order valence-corrected chi connectivity index (χ2v) is 10.2. The normalized spacial score (nSPS) is 15.9. The van der Waals surface area contributed by atoms with Crippen molar-refractivity contribution in [3.8, 4) is 0 Å². The maximum absolute atomic E-state index is 13.3. The fourth-order valence-electron chi connectivity index (χ4n) is 4.07. The molecule has 1 saturated heterocycles. The van der Waals surface area contributed by atoms with Crippen LogP contribution in [0.4, 0.5) is 11.4 Å². The third-order valence-corrected chi connectivity index (χ3v) is 7.35. The van der Waals surface area contributed by atoms with Crippen LogP contribution in [-0.2, 0) is 25.5 Å². The van der Waals surface area contributed by atoms with Crippen LogP contribution < -0.4 is 5.32 Å². The molecule has 9 nitrogen and oxygen atoms in total. The van der Waals surface area contributed by atoms with Crippen molar-refractivity contribution in [3.05, 3.63) is 95.6 Å². The highest BCUT2D eigenvalue weighted by Gasteiger charge is 2.36. The van der Waals surface area contributed by atoms with Gasteiger partial charge >= 0.3 is 11.9 Å². The average Bonchev–Trinajstić information content (AvgIpc) is 2.98. The maximum atomic E-state index is 13.3. The van der Waals surface area contributed by atoms with E-state index in [1.54, 1.807) is 67.3 Å². The van der Waals surface area contributed by atoms with Gasteiger partial charge in [0.05, 0.1) is 30.0 Å². The predicted octanol–water partition coefficient (Wildman–Crippen LogP) is 5.24. The number of esters is 2. The Labute approximate surface area is 242 Å². The SMILES string of the molecule is CCOC(=O)c1ccc(N=C2SC(C(=O)Nc3ccc(C(=O)OCC)cc3)CC(=O)N2CCc2ccccc2)cc1. The van der Waals surface area contributed by atoms with Crippen LogP contribution in [-0.4, -0.2) is 58.8 Å². The minimum absolute atomic E-state index is 0.00696. The number of amides is 2. The number of carbonyl (C=O) groups excluding carboxylic acids is 4. The highest BCUT2D eigenvalue weighted by molar-refractivity contribution is 8.15. The van der Waals surface area contributed by atoms with Gasteiger partial charge < -0.3 is 14.8 Å². The van der Waals surface area contributed by atoms with Crippen molar-refractivity contribution in [3.63, 3.8) is 0 Å². The van der Waals surface area contributed by atoms with E-state index in [1.165, 1.54) is 11.8 Å². The summed E-state index contributed by atoms with van der Waals surface area (Å²) in [6, 6.07) is 22.8. The Balaban J connectivity index is 1.52. The van der Waals surface area contributed by atoms with Gasteiger partial charge in [0, 0.05) is 18.7 Å². The molecule has 1 N–H and O–H groups in total. The number of rotatable bonds is 10. The molecule has 0 bridgehead atoms. The molecule has 1 unspecified atom stereocenters. The molecule has 0 radical (unpaired) electrons. The molecule has 1 aliphatic heterocycles. The molecule has 1 aliphatic rings. The zero-order valence-electron chi connectivity index (χ0n) is 22.9. The standard InChI is InChI=1S/C31H31N3O6S/c1-3-39-29(37)22-10-14-24(15-11-22)32-28(36)26-20-27(35)34(19-18-21-8-6-5-7-9-21)31(41-26)33-25-16-12-23(13-17-25)30(38)40-4-2/h5-17,26H,3-4,18-20H2,1-2H3,(H,32,36). The molecule has 10 heteroatoms. The predicted molar refractivity (Wildman–Crippen MR) is 158 cm³/mol. The second-order valence-electron chi connectivity index (χ2n) is 9.04. The van der Waals surface area contributed by atoms with Crippen molar-refractivity contribution in [1.29, 1.82) is 0 Å². The third kappa shape index (κ3) is 8.04. The lowest BCUT2D eigenvalue weighted by atomic mass is 10.1. The van der Waals surface area contributed by atoms with Gasteiger partial charge in [-0.2, -0.15) is 0 Å². The summed E-state index contributed by atoms with van der Waals surface area (Å²) in [7, 11) is 0. The van der Waals surface area contributed by atoms with E-state index >= 15 is 0 Å². The Morgan fingerprint density at radius 1 is 0.878 bits per heavy atom. The van der Waals surface area contributed by atoms with E-state index in [0.29, 0.717) is 40.6 Å². The lowest BCUT2D eigenvalue weighted by Gasteiger charge is -2.32. The van der Waals surface area contributed by atoms with Crippen molar-refractivity contribution < 1.29 is 28.7 Å². The van der Waals surface area contributed by atoms with E-state index in [1.807, 2.05) is 30.3 Å². The van der Waals surface area contributed by atoms with Crippen molar-refractivity contribution in [1.82, 2.24) is 4.90 Å². The van der Waals surface area contributed by atoms with E-state index in [0.717, 1.165) is 5.56 Å². The number of benzene rings is 3. The molecule has 3 aromatic rings. The van der Waals surface area contributed by atoms with Gasteiger partial charge in [-0.3, -0.25) is 14.5 Å². The summed E-state index contributed by atoms with van der Waals surface area (Å²) in [6.07, 6.45) is 0.630. The zero-order chi connectivity index (χ0) is 29.2. The van der Waals surface area contributed by atoms with E-state index in [-0.39, 0.29) is 31.4 Å². The number of nitrogens with zero attached hydrogens (tertiary/aromatic N) is 2. The number of ether oxygens (including phenoxy) is 2. The Morgan fingerprint density at radius 2 is 1.46 bits per heavy atom. The Kier molecular flexibility index (Phi) is 10.3. The highest BCUT2D eigenvalue weighted by atomic mass is 32.2. The lowest BCUT2D eigenvalue weighted by molar-refractivity contribution is -0.129. The average molecular weight is 574 g/mol. The summed E-state index contributed by atoms with van der Waals surface area (Å²) in [5, 5.41) is 2.52. The summed E-state index contributed by atoms with van der Waals surface area (Å²) >= 11 is 1.21. The van der Waals surface area contributed by atoms with Gasteiger partial charge in [-0.15, -0.1) is 0 Å². The van der Waals surface area contributed by atoms with Crippen LogP contribution in [0.5, 0.6) is 0 Å². The molecule has 4 rings (SSSR count). The number of hydrogen-bond donors (Lipinski definition) is 1. The van der Waals surface area contributed by atoms with E-state index in [2.05, 4.69) is 5.32 Å². The van der Waals surface area contributed by atoms with Crippen LogP contribution in [0.25, 0.3) is 0 Å². The molecule has 3 aromatic carbocycles. The molecule has 0 aromatic heterocycles. The fraction of sp³-hybridized carbons (Fsp3) is 0.258. The van der Waals surface area contributed by atoms with Gasteiger partial charge in [0.25, 0.3) is 0 Å². The van der Waals surface area contributed by atoms with Gasteiger partial charge in [0.2, 0.25) is 11.8 Å². The van der Waals surface area contributed by atoms with Gasteiger partial charge in [-0.25, -0.2) is 14.6 Å².